The number of carbonyl (C=O) groups excluding carboxylic acids is 1. The zero-order valence-electron chi connectivity index (χ0n) is 34.7. The number of nitrogens with one attached hydrogen (secondary N) is 1. The average molecular weight is 809 g/mol. The van der Waals surface area contributed by atoms with Gasteiger partial charge in [0.05, 0.1) is 41.9 Å². The van der Waals surface area contributed by atoms with Gasteiger partial charge in [-0.2, -0.15) is 0 Å². The van der Waals surface area contributed by atoms with Crippen LogP contribution in [0.1, 0.15) is 92.9 Å². The fraction of sp³-hybridized carbons (Fsp3) is 0.354. The van der Waals surface area contributed by atoms with Gasteiger partial charge >= 0.3 is 11.9 Å². The van der Waals surface area contributed by atoms with E-state index in [0.717, 1.165) is 29.0 Å². The Morgan fingerprint density at radius 1 is 0.831 bits per heavy atom. The Balaban J connectivity index is 0.000000358. The highest BCUT2D eigenvalue weighted by Crippen LogP contribution is 2.42. The molecule has 314 valence electrons. The molecule has 1 aromatic heterocycles. The van der Waals surface area contributed by atoms with Crippen LogP contribution < -0.4 is 10.1 Å². The first kappa shape index (κ1) is 45.9. The van der Waals surface area contributed by atoms with Gasteiger partial charge in [-0.15, -0.1) is 0 Å². The molecule has 0 saturated carbocycles. The van der Waals surface area contributed by atoms with Gasteiger partial charge in [-0.3, -0.25) is 14.4 Å². The van der Waals surface area contributed by atoms with E-state index in [2.05, 4.69) is 11.4 Å². The van der Waals surface area contributed by atoms with Crippen LogP contribution in [0.2, 0.25) is 0 Å². The van der Waals surface area contributed by atoms with Crippen LogP contribution in [0.3, 0.4) is 0 Å². The van der Waals surface area contributed by atoms with Gasteiger partial charge in [0.2, 0.25) is 0 Å². The maximum absolute atomic E-state index is 14.0. The van der Waals surface area contributed by atoms with Crippen LogP contribution >= 0.6 is 0 Å². The van der Waals surface area contributed by atoms with Crippen LogP contribution in [-0.4, -0.2) is 61.7 Å². The molecule has 0 aliphatic heterocycles. The second kappa shape index (κ2) is 21.3. The summed E-state index contributed by atoms with van der Waals surface area (Å²) in [5.74, 6) is -1.80. The lowest BCUT2D eigenvalue weighted by Gasteiger charge is -2.20. The van der Waals surface area contributed by atoms with Crippen molar-refractivity contribution >= 4 is 23.5 Å². The molecule has 5 N–H and O–H groups in total. The quantitative estimate of drug-likeness (QED) is 0.0548. The lowest BCUT2D eigenvalue weighted by Crippen LogP contribution is -2.24. The van der Waals surface area contributed by atoms with Gasteiger partial charge in [-0.1, -0.05) is 74.5 Å². The molecule has 59 heavy (non-hydrogen) atoms. The highest BCUT2D eigenvalue weighted by atomic mass is 19.1. The minimum absolute atomic E-state index is 0.0939. The Kier molecular flexibility index (Phi) is 16.6. The van der Waals surface area contributed by atoms with E-state index in [-0.39, 0.29) is 37.0 Å². The predicted molar refractivity (Wildman–Crippen MR) is 229 cm³/mol. The van der Waals surface area contributed by atoms with E-state index in [1.54, 1.807) is 26.0 Å². The lowest BCUT2D eigenvalue weighted by atomic mass is 9.88. The number of aliphatic hydroxyl groups is 2. The number of hydrogen-bond acceptors (Lipinski definition) is 6. The van der Waals surface area contributed by atoms with Crippen LogP contribution in [0, 0.1) is 25.1 Å². The van der Waals surface area contributed by atoms with Gasteiger partial charge in [-0.25, -0.2) is 4.39 Å². The Bertz CT molecular complexity index is 2150. The summed E-state index contributed by atoms with van der Waals surface area (Å²) in [7, 11) is 0. The summed E-state index contributed by atoms with van der Waals surface area (Å²) in [5.41, 5.74) is 6.38. The van der Waals surface area contributed by atoms with E-state index >= 15 is 0 Å². The number of aryl methyl sites for hydroxylation is 2. The topological polar surface area (TPSA) is 158 Å². The highest BCUT2D eigenvalue weighted by molar-refractivity contribution is 6.12. The molecule has 0 radical (unpaired) electrons. The molecule has 0 spiro atoms. The monoisotopic (exact) mass is 808 g/mol. The summed E-state index contributed by atoms with van der Waals surface area (Å²) in [5, 5.41) is 41.8. The summed E-state index contributed by atoms with van der Waals surface area (Å²) >= 11 is 0. The zero-order valence-corrected chi connectivity index (χ0v) is 34.7. The van der Waals surface area contributed by atoms with Gasteiger partial charge in [0.25, 0.3) is 5.91 Å². The number of aromatic nitrogens is 1. The number of carboxylic acids is 2. The molecule has 0 aliphatic carbocycles. The van der Waals surface area contributed by atoms with E-state index < -0.39 is 36.0 Å². The fourth-order valence-electron chi connectivity index (χ4n) is 6.87. The number of carbonyl (C=O) groups is 3. The third-order valence-corrected chi connectivity index (χ3v) is 10.1. The van der Waals surface area contributed by atoms with Gasteiger partial charge in [0, 0.05) is 23.5 Å². The largest absolute Gasteiger partial charge is 0.493 e. The van der Waals surface area contributed by atoms with Crippen molar-refractivity contribution in [3.63, 3.8) is 0 Å². The summed E-state index contributed by atoms with van der Waals surface area (Å²) in [6.45, 7) is 12.3. The van der Waals surface area contributed by atoms with Crippen LogP contribution in [0.25, 0.3) is 22.4 Å². The summed E-state index contributed by atoms with van der Waals surface area (Å²) in [6, 6.07) is 30.9. The minimum Gasteiger partial charge on any atom is -0.493 e. The normalized spacial score (nSPS) is 12.3. The van der Waals surface area contributed by atoms with Crippen molar-refractivity contribution in [2.75, 3.05) is 11.9 Å². The number of aliphatic carboxylic acids is 2. The number of hydrogen-bond donors (Lipinski definition) is 5. The fourth-order valence-corrected chi connectivity index (χ4v) is 6.87. The minimum atomic E-state index is -1.18. The van der Waals surface area contributed by atoms with Crippen LogP contribution in [0.15, 0.2) is 103 Å². The standard InChI is InChI=1S/C33H35FN2O5.C15H22O3/c1-21(2)31-30(33(41)35-25-11-7-4-8-12-25)29(22-9-5-3-6-10-22)32(23-13-15-24(34)16-14-23)36(31)18-17-26(37)19-27(38)20-28(39)40;1-11-6-7-12(2)13(10-11)18-9-5-8-15(3,4)14(16)17/h3-16,21,26-27,37-38H,17-20H2,1-2H3,(H,35,41)(H,39,40);6-7,10H,5,8-9H2,1-4H3,(H,16,17)/t26-,27-;/m1./s1. The first-order valence-electron chi connectivity index (χ1n) is 19.9. The molecule has 5 rings (SSSR count). The highest BCUT2D eigenvalue weighted by Gasteiger charge is 2.31. The second-order valence-electron chi connectivity index (χ2n) is 15.8. The van der Waals surface area contributed by atoms with Crippen molar-refractivity contribution in [2.24, 2.45) is 5.41 Å². The van der Waals surface area contributed by atoms with E-state index in [0.29, 0.717) is 41.1 Å². The Labute approximate surface area is 346 Å². The molecule has 0 bridgehead atoms. The number of amides is 1. The molecule has 10 nitrogen and oxygen atoms in total. The Morgan fingerprint density at radius 3 is 2.05 bits per heavy atom. The number of rotatable bonds is 18. The smallest absolute Gasteiger partial charge is 0.309 e. The number of aliphatic hydroxyl groups excluding tert-OH is 2. The van der Waals surface area contributed by atoms with E-state index in [9.17, 15) is 29.0 Å². The number of para-hydroxylation sites is 1. The maximum Gasteiger partial charge on any atom is 0.309 e. The van der Waals surface area contributed by atoms with Crippen molar-refractivity contribution in [1.29, 1.82) is 0 Å². The SMILES string of the molecule is CC(C)c1c(C(=O)Nc2ccccc2)c(-c2ccccc2)c(-c2ccc(F)cc2)n1CC[C@@H](O)C[C@@H](O)CC(=O)O.Cc1ccc(C)c(OCCCC(C)(C)C(=O)O)c1. The number of halogens is 1. The zero-order chi connectivity index (χ0) is 43.3. The van der Waals surface area contributed by atoms with E-state index in [1.165, 1.54) is 17.7 Å². The molecule has 11 heteroatoms. The Hall–Kier alpha value is -5.78. The number of carboxylic acid groups (broad SMARTS) is 2. The van der Waals surface area contributed by atoms with E-state index in [4.69, 9.17) is 14.9 Å². The third kappa shape index (κ3) is 13.1. The van der Waals surface area contributed by atoms with Crippen molar-refractivity contribution < 1.29 is 43.9 Å². The molecule has 0 fully saturated rings. The number of ether oxygens (including phenoxy) is 1. The summed E-state index contributed by atoms with van der Waals surface area (Å²) in [6.07, 6.45) is -1.15. The molecule has 1 heterocycles. The lowest BCUT2D eigenvalue weighted by molar-refractivity contribution is -0.147. The number of nitrogens with zero attached hydrogens (tertiary/aromatic N) is 1. The number of benzene rings is 4. The molecule has 0 saturated heterocycles. The van der Waals surface area contributed by atoms with Crippen LogP contribution in [-0.2, 0) is 16.1 Å². The third-order valence-electron chi connectivity index (χ3n) is 10.1. The molecule has 2 atom stereocenters. The summed E-state index contributed by atoms with van der Waals surface area (Å²) in [4.78, 5) is 36.0. The van der Waals surface area contributed by atoms with Crippen molar-refractivity contribution in [2.45, 2.75) is 98.3 Å². The molecule has 5 aromatic rings. The number of anilines is 1. The van der Waals surface area contributed by atoms with Gasteiger partial charge in [0.15, 0.2) is 0 Å². The first-order chi connectivity index (χ1) is 28.0. The predicted octanol–water partition coefficient (Wildman–Crippen LogP) is 9.89. The van der Waals surface area contributed by atoms with Crippen molar-refractivity contribution in [3.05, 3.63) is 131 Å². The van der Waals surface area contributed by atoms with Gasteiger partial charge < -0.3 is 35.0 Å². The molecular formula is C48H57FN2O8. The average Bonchev–Trinajstić information content (AvgIpc) is 3.53. The van der Waals surface area contributed by atoms with Gasteiger partial charge in [-0.05, 0) is 124 Å². The molecule has 4 aromatic carbocycles. The van der Waals surface area contributed by atoms with Crippen molar-refractivity contribution in [3.8, 4) is 28.1 Å². The summed E-state index contributed by atoms with van der Waals surface area (Å²) < 4.78 is 21.7. The van der Waals surface area contributed by atoms with Crippen molar-refractivity contribution in [1.82, 2.24) is 4.57 Å². The van der Waals surface area contributed by atoms with E-state index in [1.807, 2.05) is 105 Å². The van der Waals surface area contributed by atoms with Gasteiger partial charge in [0.1, 0.15) is 11.6 Å². The van der Waals surface area contributed by atoms with Crippen LogP contribution in [0.4, 0.5) is 10.1 Å². The first-order valence-corrected chi connectivity index (χ1v) is 19.9. The molecule has 0 aliphatic rings. The van der Waals surface area contributed by atoms with Crippen LogP contribution in [0.5, 0.6) is 5.75 Å². The molecule has 1 amide bonds. The molecular weight excluding hydrogens is 752 g/mol. The maximum atomic E-state index is 14.0. The Morgan fingerprint density at radius 2 is 1.46 bits per heavy atom. The molecule has 0 unspecified atom stereocenters. The second-order valence-corrected chi connectivity index (χ2v) is 15.8.